The maximum Gasteiger partial charge on any atom is 0.312 e. The highest BCUT2D eigenvalue weighted by Crippen LogP contribution is 2.24. The molecule has 0 saturated heterocycles. The Kier molecular flexibility index (Phi) is 4.89. The van der Waals surface area contributed by atoms with Crippen LogP contribution in [0.2, 0.25) is 0 Å². The van der Waals surface area contributed by atoms with E-state index in [1.165, 1.54) is 11.1 Å². The second-order valence-corrected chi connectivity index (χ2v) is 5.61. The fourth-order valence-corrected chi connectivity index (χ4v) is 2.71. The van der Waals surface area contributed by atoms with E-state index in [0.717, 1.165) is 31.4 Å². The third kappa shape index (κ3) is 3.32. The Morgan fingerprint density at radius 1 is 1.36 bits per heavy atom. The predicted molar refractivity (Wildman–Crippen MR) is 81.7 cm³/mol. The molecule has 0 aliphatic heterocycles. The van der Waals surface area contributed by atoms with Crippen LogP contribution in [0, 0.1) is 24.0 Å². The van der Waals surface area contributed by atoms with E-state index in [2.05, 4.69) is 15.6 Å². The summed E-state index contributed by atoms with van der Waals surface area (Å²) < 4.78 is 1.38. The van der Waals surface area contributed by atoms with E-state index < -0.39 is 11.0 Å². The SMILES string of the molecule is Cc1nn(C(C)C(=O)NN=C2CCCCC2)c(C)c1[N+](=O)[O-]. The zero-order valence-corrected chi connectivity index (χ0v) is 13.1. The zero-order chi connectivity index (χ0) is 16.3. The first-order chi connectivity index (χ1) is 10.4. The average Bonchev–Trinajstić information content (AvgIpc) is 2.80. The van der Waals surface area contributed by atoms with Gasteiger partial charge in [-0.3, -0.25) is 19.6 Å². The highest BCUT2D eigenvalue weighted by Gasteiger charge is 2.27. The van der Waals surface area contributed by atoms with Gasteiger partial charge in [0.2, 0.25) is 0 Å². The van der Waals surface area contributed by atoms with Crippen LogP contribution in [0.15, 0.2) is 5.10 Å². The minimum Gasteiger partial charge on any atom is -0.271 e. The Balaban J connectivity index is 2.10. The Hall–Kier alpha value is -2.25. The van der Waals surface area contributed by atoms with Crippen molar-refractivity contribution in [3.05, 3.63) is 21.5 Å². The van der Waals surface area contributed by atoms with Crippen LogP contribution in [0.25, 0.3) is 0 Å². The van der Waals surface area contributed by atoms with Crippen molar-refractivity contribution in [1.82, 2.24) is 15.2 Å². The maximum atomic E-state index is 12.2. The number of nitrogens with zero attached hydrogens (tertiary/aromatic N) is 4. The van der Waals surface area contributed by atoms with Gasteiger partial charge in [-0.05, 0) is 46.5 Å². The number of hydrazone groups is 1. The summed E-state index contributed by atoms with van der Waals surface area (Å²) in [7, 11) is 0. The van der Waals surface area contributed by atoms with Gasteiger partial charge in [0.15, 0.2) is 0 Å². The van der Waals surface area contributed by atoms with E-state index >= 15 is 0 Å². The Morgan fingerprint density at radius 3 is 2.55 bits per heavy atom. The molecule has 1 aliphatic carbocycles. The number of aromatic nitrogens is 2. The molecule has 1 aromatic rings. The summed E-state index contributed by atoms with van der Waals surface area (Å²) in [6.07, 6.45) is 5.25. The number of aryl methyl sites for hydroxylation is 1. The number of hydrogen-bond donors (Lipinski definition) is 1. The standard InChI is InChI=1S/C14H21N5O3/c1-9-13(19(21)22)10(2)18(17-9)11(3)14(20)16-15-12-7-5-4-6-8-12/h11H,4-8H2,1-3H3,(H,16,20). The van der Waals surface area contributed by atoms with Gasteiger partial charge in [-0.25, -0.2) is 5.43 Å². The van der Waals surface area contributed by atoms with Crippen molar-refractivity contribution in [2.75, 3.05) is 0 Å². The van der Waals surface area contributed by atoms with Crippen molar-refractivity contribution in [2.45, 2.75) is 58.9 Å². The molecule has 1 unspecified atom stereocenters. The third-order valence-electron chi connectivity index (χ3n) is 3.97. The quantitative estimate of drug-likeness (QED) is 0.681. The maximum absolute atomic E-state index is 12.2. The van der Waals surface area contributed by atoms with Crippen molar-refractivity contribution >= 4 is 17.3 Å². The second kappa shape index (κ2) is 6.67. The van der Waals surface area contributed by atoms with Crippen LogP contribution in [0.5, 0.6) is 0 Å². The van der Waals surface area contributed by atoms with Crippen molar-refractivity contribution < 1.29 is 9.72 Å². The van der Waals surface area contributed by atoms with E-state index in [4.69, 9.17) is 0 Å². The van der Waals surface area contributed by atoms with E-state index in [-0.39, 0.29) is 11.6 Å². The molecule has 0 radical (unpaired) electrons. The number of carbonyl (C=O) groups excluding carboxylic acids is 1. The van der Waals surface area contributed by atoms with E-state index in [9.17, 15) is 14.9 Å². The normalized spacial score (nSPS) is 16.2. The lowest BCUT2D eigenvalue weighted by molar-refractivity contribution is -0.386. The summed E-state index contributed by atoms with van der Waals surface area (Å²) in [6, 6.07) is -0.652. The molecule has 0 bridgehead atoms. The lowest BCUT2D eigenvalue weighted by Gasteiger charge is -2.14. The molecule has 0 aromatic carbocycles. The monoisotopic (exact) mass is 307 g/mol. The van der Waals surface area contributed by atoms with Crippen molar-refractivity contribution in [3.63, 3.8) is 0 Å². The van der Waals surface area contributed by atoms with Crippen LogP contribution in [0.4, 0.5) is 5.69 Å². The molecular weight excluding hydrogens is 286 g/mol. The van der Waals surface area contributed by atoms with Gasteiger partial charge in [-0.2, -0.15) is 10.2 Å². The van der Waals surface area contributed by atoms with Gasteiger partial charge in [-0.15, -0.1) is 0 Å². The second-order valence-electron chi connectivity index (χ2n) is 5.61. The highest BCUT2D eigenvalue weighted by atomic mass is 16.6. The molecule has 1 aliphatic rings. The summed E-state index contributed by atoms with van der Waals surface area (Å²) in [6.45, 7) is 4.81. The Labute approximate surface area is 128 Å². The van der Waals surface area contributed by atoms with Crippen LogP contribution in [-0.4, -0.2) is 26.3 Å². The molecule has 1 atom stereocenters. The minimum atomic E-state index is -0.652. The van der Waals surface area contributed by atoms with Gasteiger partial charge in [0.05, 0.1) is 4.92 Å². The van der Waals surface area contributed by atoms with Gasteiger partial charge in [0.25, 0.3) is 5.91 Å². The van der Waals surface area contributed by atoms with Crippen LogP contribution in [-0.2, 0) is 4.79 Å². The first-order valence-electron chi connectivity index (χ1n) is 7.47. The number of nitrogens with one attached hydrogen (secondary N) is 1. The van der Waals surface area contributed by atoms with E-state index in [0.29, 0.717) is 11.4 Å². The van der Waals surface area contributed by atoms with Crippen molar-refractivity contribution in [1.29, 1.82) is 0 Å². The molecule has 8 heteroatoms. The molecule has 8 nitrogen and oxygen atoms in total. The van der Waals surface area contributed by atoms with Gasteiger partial charge in [0, 0.05) is 5.71 Å². The van der Waals surface area contributed by atoms with Gasteiger partial charge in [0.1, 0.15) is 17.4 Å². The first kappa shape index (κ1) is 16.1. The van der Waals surface area contributed by atoms with Gasteiger partial charge >= 0.3 is 5.69 Å². The summed E-state index contributed by atoms with van der Waals surface area (Å²) >= 11 is 0. The van der Waals surface area contributed by atoms with Crippen LogP contribution in [0.1, 0.15) is 56.5 Å². The van der Waals surface area contributed by atoms with Gasteiger partial charge in [-0.1, -0.05) is 6.42 Å². The number of amides is 1. The average molecular weight is 307 g/mol. The van der Waals surface area contributed by atoms with Crippen LogP contribution in [0.3, 0.4) is 0 Å². The number of carbonyl (C=O) groups is 1. The molecule has 1 heterocycles. The summed E-state index contributed by atoms with van der Waals surface area (Å²) in [5, 5.41) is 19.3. The number of hydrogen-bond acceptors (Lipinski definition) is 5. The minimum absolute atomic E-state index is 0.0433. The van der Waals surface area contributed by atoms with Crippen LogP contribution < -0.4 is 5.43 Å². The molecule has 22 heavy (non-hydrogen) atoms. The zero-order valence-electron chi connectivity index (χ0n) is 13.1. The van der Waals surface area contributed by atoms with Crippen molar-refractivity contribution in [2.24, 2.45) is 5.10 Å². The van der Waals surface area contributed by atoms with Crippen molar-refractivity contribution in [3.8, 4) is 0 Å². The lowest BCUT2D eigenvalue weighted by atomic mass is 9.99. The highest BCUT2D eigenvalue weighted by molar-refractivity contribution is 5.87. The molecule has 1 saturated carbocycles. The smallest absolute Gasteiger partial charge is 0.271 e. The van der Waals surface area contributed by atoms with E-state index in [1.54, 1.807) is 20.8 Å². The number of rotatable bonds is 4. The topological polar surface area (TPSA) is 102 Å². The molecule has 1 N–H and O–H groups in total. The lowest BCUT2D eigenvalue weighted by Crippen LogP contribution is -2.29. The fraction of sp³-hybridized carbons (Fsp3) is 0.643. The first-order valence-corrected chi connectivity index (χ1v) is 7.47. The number of nitro groups is 1. The Bertz CT molecular complexity index is 612. The summed E-state index contributed by atoms with van der Waals surface area (Å²) in [4.78, 5) is 22.7. The third-order valence-corrected chi connectivity index (χ3v) is 3.97. The molecule has 1 amide bonds. The molecule has 1 aromatic heterocycles. The molecule has 2 rings (SSSR count). The fourth-order valence-electron chi connectivity index (χ4n) is 2.71. The van der Waals surface area contributed by atoms with Crippen LogP contribution >= 0.6 is 0 Å². The summed E-state index contributed by atoms with van der Waals surface area (Å²) in [5.74, 6) is -0.321. The molecule has 120 valence electrons. The largest absolute Gasteiger partial charge is 0.312 e. The van der Waals surface area contributed by atoms with Gasteiger partial charge < -0.3 is 0 Å². The molecular formula is C14H21N5O3. The van der Waals surface area contributed by atoms with E-state index in [1.807, 2.05) is 0 Å². The summed E-state index contributed by atoms with van der Waals surface area (Å²) in [5.41, 5.74) is 4.19. The Morgan fingerprint density at radius 2 is 2.00 bits per heavy atom. The molecule has 1 fully saturated rings. The molecule has 0 spiro atoms. The predicted octanol–water partition coefficient (Wildman–Crippen LogP) is 2.41.